The summed E-state index contributed by atoms with van der Waals surface area (Å²) in [6.45, 7) is 2.97. The summed E-state index contributed by atoms with van der Waals surface area (Å²) in [5, 5.41) is 12.1. The predicted molar refractivity (Wildman–Crippen MR) is 81.9 cm³/mol. The maximum absolute atomic E-state index is 9.08. The summed E-state index contributed by atoms with van der Waals surface area (Å²) in [7, 11) is 1.66. The first kappa shape index (κ1) is 17.8. The van der Waals surface area contributed by atoms with E-state index in [1.807, 2.05) is 0 Å². The van der Waals surface area contributed by atoms with E-state index in [1.165, 1.54) is 44.9 Å². The van der Waals surface area contributed by atoms with Gasteiger partial charge in [-0.15, -0.1) is 0 Å². The molecule has 0 aromatic carbocycles. The van der Waals surface area contributed by atoms with E-state index in [0.29, 0.717) is 5.96 Å². The quantitative estimate of drug-likeness (QED) is 0.342. The zero-order valence-corrected chi connectivity index (χ0v) is 12.6. The Bertz CT molecular complexity index is 268. The van der Waals surface area contributed by atoms with Crippen molar-refractivity contribution in [1.29, 1.82) is 5.26 Å². The largest absolute Gasteiger partial charge is 0.370 e. The number of rotatable bonds is 11. The summed E-state index contributed by atoms with van der Waals surface area (Å²) in [5.41, 5.74) is 5.54. The first-order valence-corrected chi connectivity index (χ1v) is 7.60. The van der Waals surface area contributed by atoms with Crippen LogP contribution in [0.25, 0.3) is 0 Å². The lowest BCUT2D eigenvalue weighted by molar-refractivity contribution is 0.497. The first-order chi connectivity index (χ1) is 9.24. The second kappa shape index (κ2) is 13.2. The molecule has 0 aromatic heterocycles. The van der Waals surface area contributed by atoms with Crippen LogP contribution in [0.5, 0.6) is 0 Å². The van der Waals surface area contributed by atoms with Crippen molar-refractivity contribution < 1.29 is 0 Å². The molecule has 0 amide bonds. The Balaban J connectivity index is 3.47. The topological polar surface area (TPSA) is 74.2 Å². The van der Waals surface area contributed by atoms with Gasteiger partial charge in [-0.25, -0.2) is 0 Å². The molecule has 0 radical (unpaired) electrons. The van der Waals surface area contributed by atoms with Crippen LogP contribution in [-0.2, 0) is 0 Å². The molecule has 0 aromatic rings. The summed E-state index contributed by atoms with van der Waals surface area (Å²) >= 11 is 0. The molecule has 110 valence electrons. The van der Waals surface area contributed by atoms with Crippen LogP contribution in [0.15, 0.2) is 4.99 Å². The highest BCUT2D eigenvalue weighted by atomic mass is 15.1. The molecule has 0 aliphatic heterocycles. The zero-order chi connectivity index (χ0) is 14.3. The molecular formula is C15H30N4. The number of unbranched alkanes of at least 4 members (excludes halogenated alkanes) is 6. The maximum atomic E-state index is 9.08. The van der Waals surface area contributed by atoms with Crippen molar-refractivity contribution in [1.82, 2.24) is 5.32 Å². The van der Waals surface area contributed by atoms with Crippen molar-refractivity contribution in [2.24, 2.45) is 16.6 Å². The van der Waals surface area contributed by atoms with Gasteiger partial charge < -0.3 is 11.1 Å². The molecule has 0 heterocycles. The smallest absolute Gasteiger partial charge is 0.188 e. The molecule has 0 rings (SSSR count). The number of aliphatic imine (C=N–C) groups is 1. The van der Waals surface area contributed by atoms with Gasteiger partial charge in [0.15, 0.2) is 5.96 Å². The fourth-order valence-electron chi connectivity index (χ4n) is 2.07. The second-order valence-corrected chi connectivity index (χ2v) is 5.06. The van der Waals surface area contributed by atoms with Gasteiger partial charge >= 0.3 is 0 Å². The Kier molecular flexibility index (Phi) is 12.3. The molecule has 0 bridgehead atoms. The summed E-state index contributed by atoms with van der Waals surface area (Å²) < 4.78 is 0. The number of guanidine groups is 1. The number of nitrogens with one attached hydrogen (secondary N) is 1. The Morgan fingerprint density at radius 2 is 1.79 bits per heavy atom. The van der Waals surface area contributed by atoms with E-state index in [-0.39, 0.29) is 5.92 Å². The van der Waals surface area contributed by atoms with Crippen molar-refractivity contribution in [3.63, 3.8) is 0 Å². The molecule has 1 atom stereocenters. The minimum atomic E-state index is 0.146. The number of nitriles is 1. The van der Waals surface area contributed by atoms with E-state index in [1.54, 1.807) is 7.05 Å². The molecule has 0 aliphatic rings. The van der Waals surface area contributed by atoms with Gasteiger partial charge in [0, 0.05) is 19.5 Å². The molecule has 0 spiro atoms. The Morgan fingerprint density at radius 3 is 2.37 bits per heavy atom. The third-order valence-electron chi connectivity index (χ3n) is 3.38. The molecule has 4 nitrogen and oxygen atoms in total. The molecule has 0 fully saturated rings. The molecule has 3 N–H and O–H groups in total. The van der Waals surface area contributed by atoms with Crippen LogP contribution in [0.3, 0.4) is 0 Å². The van der Waals surface area contributed by atoms with Crippen LogP contribution in [0.4, 0.5) is 0 Å². The third-order valence-corrected chi connectivity index (χ3v) is 3.38. The Labute approximate surface area is 118 Å². The van der Waals surface area contributed by atoms with E-state index >= 15 is 0 Å². The summed E-state index contributed by atoms with van der Waals surface area (Å²) in [4.78, 5) is 3.82. The Morgan fingerprint density at radius 1 is 1.16 bits per heavy atom. The fraction of sp³-hybridized carbons (Fsp3) is 0.867. The van der Waals surface area contributed by atoms with Crippen LogP contribution in [0.2, 0.25) is 0 Å². The normalized spacial score (nSPS) is 13.0. The van der Waals surface area contributed by atoms with Gasteiger partial charge in [0.2, 0.25) is 0 Å². The fourth-order valence-corrected chi connectivity index (χ4v) is 2.07. The first-order valence-electron chi connectivity index (χ1n) is 7.60. The zero-order valence-electron chi connectivity index (χ0n) is 12.6. The van der Waals surface area contributed by atoms with E-state index in [9.17, 15) is 0 Å². The third kappa shape index (κ3) is 11.6. The van der Waals surface area contributed by atoms with Crippen LogP contribution < -0.4 is 11.1 Å². The minimum absolute atomic E-state index is 0.146. The van der Waals surface area contributed by atoms with Gasteiger partial charge in [-0.1, -0.05) is 51.9 Å². The van der Waals surface area contributed by atoms with E-state index in [2.05, 4.69) is 23.3 Å². The summed E-state index contributed by atoms with van der Waals surface area (Å²) in [5.74, 6) is 0.598. The lowest BCUT2D eigenvalue weighted by Gasteiger charge is -2.10. The highest BCUT2D eigenvalue weighted by Gasteiger charge is 2.06. The molecular weight excluding hydrogens is 236 g/mol. The van der Waals surface area contributed by atoms with Crippen LogP contribution in [0.1, 0.15) is 64.7 Å². The average molecular weight is 266 g/mol. The van der Waals surface area contributed by atoms with Crippen molar-refractivity contribution in [3.8, 4) is 6.07 Å². The lowest BCUT2D eigenvalue weighted by atomic mass is 9.98. The van der Waals surface area contributed by atoms with Gasteiger partial charge in [0.05, 0.1) is 6.07 Å². The average Bonchev–Trinajstić information content (AvgIpc) is 2.44. The van der Waals surface area contributed by atoms with Gasteiger partial charge in [-0.2, -0.15) is 5.26 Å². The SMILES string of the molecule is CCCCCCCCCC(C#N)CCNC(N)=NC. The van der Waals surface area contributed by atoms with Crippen LogP contribution in [0, 0.1) is 17.2 Å². The van der Waals surface area contributed by atoms with Crippen LogP contribution in [-0.4, -0.2) is 19.6 Å². The van der Waals surface area contributed by atoms with E-state index in [4.69, 9.17) is 11.0 Å². The van der Waals surface area contributed by atoms with Gasteiger partial charge in [-0.3, -0.25) is 4.99 Å². The highest BCUT2D eigenvalue weighted by molar-refractivity contribution is 5.77. The monoisotopic (exact) mass is 266 g/mol. The van der Waals surface area contributed by atoms with E-state index in [0.717, 1.165) is 19.4 Å². The molecule has 0 saturated heterocycles. The van der Waals surface area contributed by atoms with Gasteiger partial charge in [-0.05, 0) is 12.8 Å². The summed E-state index contributed by atoms with van der Waals surface area (Å²) in [6, 6.07) is 2.38. The second-order valence-electron chi connectivity index (χ2n) is 5.06. The number of nitrogens with zero attached hydrogens (tertiary/aromatic N) is 2. The standard InChI is InChI=1S/C15H30N4/c1-3-4-5-6-7-8-9-10-14(13-16)11-12-19-15(17)18-2/h14H,3-12H2,1-2H3,(H3,17,18,19). The molecule has 4 heteroatoms. The number of hydrogen-bond acceptors (Lipinski definition) is 2. The lowest BCUT2D eigenvalue weighted by Crippen LogP contribution is -2.32. The van der Waals surface area contributed by atoms with Crippen molar-refractivity contribution in [2.75, 3.05) is 13.6 Å². The van der Waals surface area contributed by atoms with Crippen LogP contribution >= 0.6 is 0 Å². The predicted octanol–water partition coefficient (Wildman–Crippen LogP) is 3.19. The number of hydrogen-bond donors (Lipinski definition) is 2. The van der Waals surface area contributed by atoms with Crippen molar-refractivity contribution in [3.05, 3.63) is 0 Å². The minimum Gasteiger partial charge on any atom is -0.370 e. The van der Waals surface area contributed by atoms with Crippen molar-refractivity contribution in [2.45, 2.75) is 64.7 Å². The molecule has 0 saturated carbocycles. The summed E-state index contributed by atoms with van der Waals surface area (Å²) in [6.07, 6.45) is 11.0. The molecule has 1 unspecified atom stereocenters. The van der Waals surface area contributed by atoms with Gasteiger partial charge in [0.25, 0.3) is 0 Å². The molecule has 19 heavy (non-hydrogen) atoms. The number of nitrogens with two attached hydrogens (primary N) is 1. The van der Waals surface area contributed by atoms with Gasteiger partial charge in [0.1, 0.15) is 0 Å². The molecule has 0 aliphatic carbocycles. The highest BCUT2D eigenvalue weighted by Crippen LogP contribution is 2.14. The maximum Gasteiger partial charge on any atom is 0.188 e. The van der Waals surface area contributed by atoms with Crippen molar-refractivity contribution >= 4 is 5.96 Å². The Hall–Kier alpha value is -1.24. The van der Waals surface area contributed by atoms with E-state index < -0.39 is 0 Å².